The van der Waals surface area contributed by atoms with Crippen LogP contribution in [0.3, 0.4) is 0 Å². The third kappa shape index (κ3) is 8.29. The molecule has 0 saturated carbocycles. The van der Waals surface area contributed by atoms with Crippen LogP contribution in [0, 0.1) is 0 Å². The number of phenols is 1. The van der Waals surface area contributed by atoms with Crippen molar-refractivity contribution in [2.45, 2.75) is 12.6 Å². The highest BCUT2D eigenvalue weighted by Gasteiger charge is 2.31. The molecular formula is C30H30ClNO9S3. The van der Waals surface area contributed by atoms with Crippen molar-refractivity contribution in [3.63, 3.8) is 0 Å². The highest BCUT2D eigenvalue weighted by atomic mass is 35.5. The summed E-state index contributed by atoms with van der Waals surface area (Å²) in [5, 5.41) is 11.7. The topological polar surface area (TPSA) is 144 Å². The minimum atomic E-state index is -3.47. The Morgan fingerprint density at radius 2 is 1.61 bits per heavy atom. The molecule has 1 aliphatic heterocycles. The van der Waals surface area contributed by atoms with Gasteiger partial charge in [0.05, 0.1) is 40.3 Å². The first-order valence-electron chi connectivity index (χ1n) is 13.2. The number of carbonyl (C=O) groups is 2. The van der Waals surface area contributed by atoms with E-state index in [-0.39, 0.29) is 23.4 Å². The zero-order valence-corrected chi connectivity index (χ0v) is 27.1. The van der Waals surface area contributed by atoms with E-state index in [1.54, 1.807) is 17.0 Å². The van der Waals surface area contributed by atoms with Crippen LogP contribution in [0.15, 0.2) is 72.5 Å². The number of fused-ring (bicyclic) bond motifs is 2. The molecule has 0 amide bonds. The minimum Gasteiger partial charge on any atom is -0.508 e. The smallest absolute Gasteiger partial charge is 0.340 e. The molecule has 0 fully saturated rings. The second-order valence-corrected chi connectivity index (χ2v) is 16.2. The van der Waals surface area contributed by atoms with Gasteiger partial charge in [-0.2, -0.15) is 0 Å². The molecule has 44 heavy (non-hydrogen) atoms. The van der Waals surface area contributed by atoms with Crippen molar-refractivity contribution in [2.24, 2.45) is 0 Å². The van der Waals surface area contributed by atoms with E-state index in [0.717, 1.165) is 27.5 Å². The van der Waals surface area contributed by atoms with Crippen molar-refractivity contribution in [2.75, 3.05) is 37.2 Å². The Morgan fingerprint density at radius 3 is 2.20 bits per heavy atom. The van der Waals surface area contributed by atoms with Gasteiger partial charge in [-0.15, -0.1) is 17.9 Å². The molecule has 1 aliphatic rings. The molecule has 2 heterocycles. The summed E-state index contributed by atoms with van der Waals surface area (Å²) in [4.78, 5) is 29.4. The van der Waals surface area contributed by atoms with Gasteiger partial charge in [0.2, 0.25) is 0 Å². The second kappa shape index (κ2) is 13.6. The largest absolute Gasteiger partial charge is 0.508 e. The number of aromatic hydroxyl groups is 1. The molecule has 10 nitrogen and oxygen atoms in total. The predicted molar refractivity (Wildman–Crippen MR) is 171 cm³/mol. The van der Waals surface area contributed by atoms with E-state index in [1.807, 2.05) is 24.3 Å². The van der Waals surface area contributed by atoms with Crippen molar-refractivity contribution in [3.05, 3.63) is 93.5 Å². The van der Waals surface area contributed by atoms with Crippen molar-refractivity contribution in [1.82, 2.24) is 4.90 Å². The maximum atomic E-state index is 13.5. The van der Waals surface area contributed by atoms with E-state index in [4.69, 9.17) is 21.1 Å². The molecular weight excluding hydrogens is 650 g/mol. The molecule has 4 rings (SSSR count). The lowest BCUT2D eigenvalue weighted by atomic mass is 9.92. The zero-order valence-electron chi connectivity index (χ0n) is 23.9. The minimum absolute atomic E-state index is 0.0499. The number of carbonyl (C=O) groups excluding carboxylic acids is 2. The summed E-state index contributed by atoms with van der Waals surface area (Å²) in [6.45, 7) is 3.17. The van der Waals surface area contributed by atoms with Crippen LogP contribution in [0.1, 0.15) is 22.0 Å². The average Bonchev–Trinajstić information content (AvgIpc) is 3.24. The van der Waals surface area contributed by atoms with Gasteiger partial charge >= 0.3 is 11.9 Å². The van der Waals surface area contributed by atoms with Gasteiger partial charge in [-0.3, -0.25) is 0 Å². The van der Waals surface area contributed by atoms with Gasteiger partial charge in [-0.25, -0.2) is 26.4 Å². The maximum absolute atomic E-state index is 13.5. The Kier molecular flexibility index (Phi) is 10.2. The zero-order chi connectivity index (χ0) is 32.2. The number of rotatable bonds is 11. The second-order valence-electron chi connectivity index (χ2n) is 10.1. The van der Waals surface area contributed by atoms with Crippen molar-refractivity contribution < 1.29 is 41.0 Å². The number of nitrogens with zero attached hydrogens (tertiary/aromatic N) is 1. The van der Waals surface area contributed by atoms with Crippen LogP contribution < -0.4 is 0 Å². The number of hydrogen-bond donors (Lipinski definition) is 1. The quantitative estimate of drug-likeness (QED) is 0.228. The third-order valence-corrected chi connectivity index (χ3v) is 10.1. The number of halogens is 1. The van der Waals surface area contributed by atoms with Crippen LogP contribution in [-0.2, 0) is 45.3 Å². The lowest BCUT2D eigenvalue weighted by Crippen LogP contribution is -2.28. The standard InChI is InChI=1S/C30H30ClNO9S3/c1-4-25-22-16-20(33)10-9-19(22)15-23(29(34)40-11-13-43(2,36)37)24(30(35)41-12-14-44(3,38)39)17-32(25)18-27-28(31)21-7-5-6-8-26(21)42-27/h4-10,15-17,25,33H,1,11-14,18H2,2-3H3. The van der Waals surface area contributed by atoms with E-state index in [9.17, 15) is 31.5 Å². The Labute approximate surface area is 264 Å². The van der Waals surface area contributed by atoms with E-state index < -0.39 is 62.4 Å². The van der Waals surface area contributed by atoms with Crippen LogP contribution in [0.25, 0.3) is 16.2 Å². The van der Waals surface area contributed by atoms with Crippen LogP contribution in [0.5, 0.6) is 5.75 Å². The molecule has 3 aromatic rings. The summed E-state index contributed by atoms with van der Waals surface area (Å²) in [6.07, 6.45) is 6.35. The van der Waals surface area contributed by atoms with E-state index in [2.05, 4.69) is 6.58 Å². The van der Waals surface area contributed by atoms with E-state index in [1.165, 1.54) is 35.7 Å². The van der Waals surface area contributed by atoms with Gasteiger partial charge in [-0.05, 0) is 35.4 Å². The maximum Gasteiger partial charge on any atom is 0.340 e. The fraction of sp³-hybridized carbons (Fsp3) is 0.267. The van der Waals surface area contributed by atoms with E-state index in [0.29, 0.717) is 16.1 Å². The fourth-order valence-electron chi connectivity index (χ4n) is 4.47. The lowest BCUT2D eigenvalue weighted by Gasteiger charge is -2.32. The lowest BCUT2D eigenvalue weighted by molar-refractivity contribution is -0.142. The average molecular weight is 680 g/mol. The molecule has 0 aliphatic carbocycles. The molecule has 2 aromatic carbocycles. The number of hydrogen-bond acceptors (Lipinski definition) is 11. The number of esters is 2. The van der Waals surface area contributed by atoms with Gasteiger partial charge in [0.15, 0.2) is 19.7 Å². The molecule has 1 N–H and O–H groups in total. The Morgan fingerprint density at radius 1 is 1.00 bits per heavy atom. The SMILES string of the molecule is C=CC1c2cc(O)ccc2C=C(C(=O)OCCS(C)(=O)=O)C(C(=O)OCCS(C)(=O)=O)=CN1Cc1sc2ccccc2c1Cl. The third-order valence-electron chi connectivity index (χ3n) is 6.60. The van der Waals surface area contributed by atoms with Gasteiger partial charge in [0.25, 0.3) is 0 Å². The molecule has 0 bridgehead atoms. The number of thiophene rings is 1. The molecule has 0 saturated heterocycles. The van der Waals surface area contributed by atoms with Gasteiger partial charge in [0.1, 0.15) is 19.0 Å². The highest BCUT2D eigenvalue weighted by molar-refractivity contribution is 7.90. The summed E-state index contributed by atoms with van der Waals surface area (Å²) in [5.74, 6) is -2.94. The predicted octanol–water partition coefficient (Wildman–Crippen LogP) is 4.45. The Hall–Kier alpha value is -3.65. The summed E-state index contributed by atoms with van der Waals surface area (Å²) in [5.41, 5.74) is 0.458. The molecule has 0 spiro atoms. The summed E-state index contributed by atoms with van der Waals surface area (Å²) in [6, 6.07) is 11.4. The Balaban J connectivity index is 1.87. The van der Waals surface area contributed by atoms with Gasteiger partial charge in [-0.1, -0.05) is 41.9 Å². The van der Waals surface area contributed by atoms with Crippen molar-refractivity contribution >= 4 is 70.7 Å². The van der Waals surface area contributed by atoms with Crippen LogP contribution in [-0.4, -0.2) is 76.0 Å². The van der Waals surface area contributed by atoms with Gasteiger partial charge < -0.3 is 19.5 Å². The normalized spacial score (nSPS) is 15.4. The molecule has 14 heteroatoms. The van der Waals surface area contributed by atoms with E-state index >= 15 is 0 Å². The summed E-state index contributed by atoms with van der Waals surface area (Å²) < 4.78 is 58.1. The molecule has 234 valence electrons. The Bertz CT molecular complexity index is 1890. The number of ether oxygens (including phenoxy) is 2. The first kappa shape index (κ1) is 33.2. The van der Waals surface area contributed by atoms with Crippen LogP contribution >= 0.6 is 22.9 Å². The fourth-order valence-corrected chi connectivity index (χ4v) is 6.75. The van der Waals surface area contributed by atoms with Crippen LogP contribution in [0.4, 0.5) is 0 Å². The summed E-state index contributed by atoms with van der Waals surface area (Å²) in [7, 11) is -6.93. The van der Waals surface area contributed by atoms with Crippen molar-refractivity contribution in [1.29, 1.82) is 0 Å². The number of sulfone groups is 2. The van der Waals surface area contributed by atoms with Crippen LogP contribution in [0.2, 0.25) is 5.02 Å². The van der Waals surface area contributed by atoms with Gasteiger partial charge in [0, 0.05) is 33.7 Å². The first-order valence-corrected chi connectivity index (χ1v) is 18.5. The molecule has 1 atom stereocenters. The van der Waals surface area contributed by atoms with Crippen molar-refractivity contribution in [3.8, 4) is 5.75 Å². The summed E-state index contributed by atoms with van der Waals surface area (Å²) >= 11 is 8.20. The molecule has 1 aromatic heterocycles. The number of phenolic OH excluding ortho intramolecular Hbond substituents is 1. The first-order chi connectivity index (χ1) is 20.7. The molecule has 0 radical (unpaired) electrons. The monoisotopic (exact) mass is 679 g/mol. The number of benzene rings is 2. The molecule has 1 unspecified atom stereocenters. The highest BCUT2D eigenvalue weighted by Crippen LogP contribution is 2.40.